The van der Waals surface area contributed by atoms with Crippen LogP contribution in [0.2, 0.25) is 0 Å². The molecule has 3 aromatic carbocycles. The maximum absolute atomic E-state index is 13.8. The summed E-state index contributed by atoms with van der Waals surface area (Å²) >= 11 is 2.74. The Hall–Kier alpha value is -5.21. The van der Waals surface area contributed by atoms with E-state index in [2.05, 4.69) is 15.5 Å². The molecule has 0 aliphatic carbocycles. The van der Waals surface area contributed by atoms with E-state index in [1.54, 1.807) is 59.4 Å². The van der Waals surface area contributed by atoms with Crippen LogP contribution in [0.1, 0.15) is 39.1 Å². The Morgan fingerprint density at radius 1 is 0.938 bits per heavy atom. The first-order valence-corrected chi connectivity index (χ1v) is 16.7. The Bertz CT molecular complexity index is 1950. The highest BCUT2D eigenvalue weighted by Crippen LogP contribution is 2.35. The van der Waals surface area contributed by atoms with E-state index < -0.39 is 0 Å². The summed E-state index contributed by atoms with van der Waals surface area (Å²) in [7, 11) is 4.58. The van der Waals surface area contributed by atoms with Crippen LogP contribution in [0.3, 0.4) is 0 Å². The summed E-state index contributed by atoms with van der Waals surface area (Å²) in [4.78, 5) is 27.9. The molecule has 0 unspecified atom stereocenters. The van der Waals surface area contributed by atoms with Gasteiger partial charge in [-0.25, -0.2) is 9.40 Å². The molecule has 1 atom stereocenters. The number of nitrogens with one attached hydrogen (secondary N) is 1. The topological polar surface area (TPSA) is 120 Å². The molecule has 14 heteroatoms. The molecule has 0 saturated carbocycles. The number of ether oxygens (including phenoxy) is 3. The maximum atomic E-state index is 13.8. The summed E-state index contributed by atoms with van der Waals surface area (Å²) in [6, 6.07) is 21.9. The van der Waals surface area contributed by atoms with E-state index in [0.29, 0.717) is 45.9 Å². The van der Waals surface area contributed by atoms with Crippen LogP contribution in [0.4, 0.5) is 4.39 Å². The van der Waals surface area contributed by atoms with Crippen molar-refractivity contribution in [1.29, 1.82) is 0 Å². The number of halogens is 1. The molecule has 1 N–H and O–H groups in total. The van der Waals surface area contributed by atoms with Gasteiger partial charge in [0.15, 0.2) is 22.5 Å². The van der Waals surface area contributed by atoms with Crippen molar-refractivity contribution < 1.29 is 28.2 Å². The van der Waals surface area contributed by atoms with E-state index in [0.717, 1.165) is 16.2 Å². The van der Waals surface area contributed by atoms with Gasteiger partial charge in [0.25, 0.3) is 11.8 Å². The Morgan fingerprint density at radius 2 is 1.71 bits per heavy atom. The summed E-state index contributed by atoms with van der Waals surface area (Å²) in [5.41, 5.74) is 2.59. The zero-order chi connectivity index (χ0) is 33.6. The molecule has 2 aromatic heterocycles. The van der Waals surface area contributed by atoms with Crippen molar-refractivity contribution in [3.63, 3.8) is 0 Å². The molecule has 6 rings (SSSR count). The smallest absolute Gasteiger partial charge is 0.253 e. The number of benzene rings is 3. The molecule has 0 radical (unpaired) electrons. The summed E-state index contributed by atoms with van der Waals surface area (Å²) in [6.07, 6.45) is 0.504. The van der Waals surface area contributed by atoms with E-state index >= 15 is 0 Å². The van der Waals surface area contributed by atoms with Crippen LogP contribution in [-0.4, -0.2) is 64.4 Å². The van der Waals surface area contributed by atoms with Crippen molar-refractivity contribution in [1.82, 2.24) is 25.1 Å². The lowest BCUT2D eigenvalue weighted by molar-refractivity contribution is -0.130. The first-order valence-electron chi connectivity index (χ1n) is 14.8. The first-order chi connectivity index (χ1) is 23.4. The standard InChI is InChI=1S/C34H31FN6O5S2/c1-44-27-8-5-4-7-25(27)40-31(19-36-33(43)22-12-15-28(45-2)29(17-22)46-3)37-38-34(40)48-20-32(42)41-26(21-10-13-23(35)14-11-21)18-24(39-41)30-9-6-16-47-30/h4-17,26H,18-20H2,1-3H3,(H,36,43)/t26-/m0/s1. The molecule has 0 bridgehead atoms. The largest absolute Gasteiger partial charge is 0.495 e. The van der Waals surface area contributed by atoms with Crippen LogP contribution in [0.5, 0.6) is 17.2 Å². The highest BCUT2D eigenvalue weighted by atomic mass is 32.2. The number of rotatable bonds is 12. The third kappa shape index (κ3) is 6.89. The average molecular weight is 687 g/mol. The number of carbonyl (C=O) groups excluding carboxylic acids is 2. The molecule has 48 heavy (non-hydrogen) atoms. The van der Waals surface area contributed by atoms with Crippen molar-refractivity contribution in [2.24, 2.45) is 5.10 Å². The summed E-state index contributed by atoms with van der Waals surface area (Å²) in [6.45, 7) is 0.0277. The van der Waals surface area contributed by atoms with Gasteiger partial charge in [-0.15, -0.1) is 21.5 Å². The molecule has 11 nitrogen and oxygen atoms in total. The minimum atomic E-state index is -0.384. The van der Waals surface area contributed by atoms with Gasteiger partial charge in [-0.2, -0.15) is 5.10 Å². The minimum Gasteiger partial charge on any atom is -0.495 e. The fourth-order valence-corrected chi connectivity index (χ4v) is 6.81. The van der Waals surface area contributed by atoms with Crippen molar-refractivity contribution in [3.8, 4) is 22.9 Å². The van der Waals surface area contributed by atoms with E-state index in [1.165, 1.54) is 43.1 Å². The van der Waals surface area contributed by atoms with Crippen LogP contribution < -0.4 is 19.5 Å². The number of carbonyl (C=O) groups is 2. The second kappa shape index (κ2) is 14.7. The molecule has 1 aliphatic heterocycles. The predicted molar refractivity (Wildman–Crippen MR) is 181 cm³/mol. The summed E-state index contributed by atoms with van der Waals surface area (Å²) in [5, 5.41) is 20.2. The van der Waals surface area contributed by atoms with Gasteiger partial charge >= 0.3 is 0 Å². The van der Waals surface area contributed by atoms with Gasteiger partial charge in [0.2, 0.25) is 0 Å². The van der Waals surface area contributed by atoms with Crippen LogP contribution in [0.15, 0.2) is 94.5 Å². The fourth-order valence-electron chi connectivity index (χ4n) is 5.27. The number of hydrogen-bond acceptors (Lipinski definition) is 10. The SMILES string of the molecule is COc1ccc(C(=O)NCc2nnc(SCC(=O)N3N=C(c4cccs4)C[C@H]3c3ccc(F)cc3)n2-c2ccccc2OC)cc1OC. The molecule has 5 aromatic rings. The molecule has 246 valence electrons. The predicted octanol–water partition coefficient (Wildman–Crippen LogP) is 5.89. The lowest BCUT2D eigenvalue weighted by atomic mass is 10.0. The van der Waals surface area contributed by atoms with Gasteiger partial charge < -0.3 is 19.5 Å². The third-order valence-corrected chi connectivity index (χ3v) is 9.46. The second-order valence-corrected chi connectivity index (χ2v) is 12.4. The molecular formula is C34H31FN6O5S2. The fraction of sp³-hybridized carbons (Fsp3) is 0.206. The zero-order valence-electron chi connectivity index (χ0n) is 26.3. The zero-order valence-corrected chi connectivity index (χ0v) is 27.9. The van der Waals surface area contributed by atoms with Crippen LogP contribution >= 0.6 is 23.1 Å². The molecule has 0 saturated heterocycles. The number of thioether (sulfide) groups is 1. The van der Waals surface area contributed by atoms with Crippen molar-refractivity contribution >= 4 is 40.6 Å². The van der Waals surface area contributed by atoms with Crippen LogP contribution in [0, 0.1) is 5.82 Å². The summed E-state index contributed by atoms with van der Waals surface area (Å²) < 4.78 is 31.7. The number of amides is 2. The van der Waals surface area contributed by atoms with Crippen LogP contribution in [0.25, 0.3) is 5.69 Å². The Balaban J connectivity index is 1.25. The third-order valence-electron chi connectivity index (χ3n) is 7.63. The monoisotopic (exact) mass is 686 g/mol. The van der Waals surface area contributed by atoms with Crippen molar-refractivity contribution in [2.45, 2.75) is 24.2 Å². The Labute approximate surface area is 284 Å². The van der Waals surface area contributed by atoms with Gasteiger partial charge in [-0.1, -0.05) is 42.1 Å². The molecular weight excluding hydrogens is 656 g/mol. The van der Waals surface area contributed by atoms with Crippen LogP contribution in [-0.2, 0) is 11.3 Å². The highest BCUT2D eigenvalue weighted by Gasteiger charge is 2.34. The van der Waals surface area contributed by atoms with Crippen molar-refractivity contribution in [3.05, 3.63) is 112 Å². The average Bonchev–Trinajstić information content (AvgIpc) is 3.90. The van der Waals surface area contributed by atoms with Gasteiger partial charge in [-0.05, 0) is 59.5 Å². The normalized spacial score (nSPS) is 14.0. The number of para-hydroxylation sites is 2. The number of hydrogen-bond donors (Lipinski definition) is 1. The quantitative estimate of drug-likeness (QED) is 0.161. The van der Waals surface area contributed by atoms with Gasteiger partial charge in [-0.3, -0.25) is 14.2 Å². The van der Waals surface area contributed by atoms with E-state index in [4.69, 9.17) is 19.3 Å². The molecule has 3 heterocycles. The molecule has 0 spiro atoms. The molecule has 2 amide bonds. The van der Waals surface area contributed by atoms with Gasteiger partial charge in [0.05, 0.1) is 55.9 Å². The Kier molecular flexibility index (Phi) is 10.0. The number of nitrogens with zero attached hydrogens (tertiary/aromatic N) is 5. The van der Waals surface area contributed by atoms with E-state index in [9.17, 15) is 14.0 Å². The number of methoxy groups -OCH3 is 3. The Morgan fingerprint density at radius 3 is 2.44 bits per heavy atom. The summed E-state index contributed by atoms with van der Waals surface area (Å²) in [5.74, 6) is 0.949. The van der Waals surface area contributed by atoms with Gasteiger partial charge in [0, 0.05) is 12.0 Å². The molecule has 0 fully saturated rings. The van der Waals surface area contributed by atoms with Gasteiger partial charge in [0.1, 0.15) is 11.6 Å². The maximum Gasteiger partial charge on any atom is 0.253 e. The number of hydrazone groups is 1. The minimum absolute atomic E-state index is 0.00972. The van der Waals surface area contributed by atoms with E-state index in [1.807, 2.05) is 35.7 Å². The van der Waals surface area contributed by atoms with E-state index in [-0.39, 0.29) is 36.0 Å². The van der Waals surface area contributed by atoms with Crippen molar-refractivity contribution in [2.75, 3.05) is 27.1 Å². The lowest BCUT2D eigenvalue weighted by Crippen LogP contribution is -2.28. The lowest BCUT2D eigenvalue weighted by Gasteiger charge is -2.22. The number of aromatic nitrogens is 3. The molecule has 1 aliphatic rings. The first kappa shape index (κ1) is 32.7. The number of thiophene rings is 1. The highest BCUT2D eigenvalue weighted by molar-refractivity contribution is 7.99. The second-order valence-electron chi connectivity index (χ2n) is 10.5.